The van der Waals surface area contributed by atoms with Crippen molar-refractivity contribution in [3.8, 4) is 5.75 Å². The van der Waals surface area contributed by atoms with Gasteiger partial charge in [0.05, 0.1) is 13.2 Å². The summed E-state index contributed by atoms with van der Waals surface area (Å²) in [6, 6.07) is 11.8. The lowest BCUT2D eigenvalue weighted by Gasteiger charge is -2.40. The lowest BCUT2D eigenvalue weighted by atomic mass is 10.1. The molecule has 0 aliphatic carbocycles. The number of ether oxygens (including phenoxy) is 1. The minimum Gasteiger partial charge on any atom is -0.488 e. The van der Waals surface area contributed by atoms with Crippen LogP contribution in [0.1, 0.15) is 18.1 Å². The van der Waals surface area contributed by atoms with Crippen LogP contribution in [-0.2, 0) is 11.4 Å². The standard InChI is InChI=1S/C24H32FN3O4/c1-17-6-5-7-19(15-29)24(17)26-23(31)14-27-10-11-28(18(2)12-27)13-20(30)16-32-22-9-4-3-8-21(22)25/h3-9,18,20,29-30H,10-16H2,1-2H3,(H,26,31)/t18-,20-/m0/s1. The normalized spacial score (nSPS) is 18.3. The second kappa shape index (κ2) is 11.4. The molecule has 3 rings (SSSR count). The van der Waals surface area contributed by atoms with Crippen molar-refractivity contribution in [1.29, 1.82) is 0 Å². The third-order valence-corrected chi connectivity index (χ3v) is 5.72. The number of aryl methyl sites for hydroxylation is 1. The van der Waals surface area contributed by atoms with Gasteiger partial charge in [-0.2, -0.15) is 0 Å². The molecule has 8 heteroatoms. The summed E-state index contributed by atoms with van der Waals surface area (Å²) in [6.07, 6.45) is -0.745. The number of nitrogens with zero attached hydrogens (tertiary/aromatic N) is 2. The van der Waals surface area contributed by atoms with E-state index in [0.29, 0.717) is 37.4 Å². The highest BCUT2D eigenvalue weighted by molar-refractivity contribution is 5.93. The Labute approximate surface area is 188 Å². The molecule has 1 amide bonds. The van der Waals surface area contributed by atoms with Gasteiger partial charge in [0.15, 0.2) is 11.6 Å². The zero-order chi connectivity index (χ0) is 23.1. The van der Waals surface area contributed by atoms with Crippen molar-refractivity contribution in [2.24, 2.45) is 0 Å². The molecule has 1 fully saturated rings. The summed E-state index contributed by atoms with van der Waals surface area (Å²) in [5.74, 6) is -0.432. The largest absolute Gasteiger partial charge is 0.488 e. The van der Waals surface area contributed by atoms with Gasteiger partial charge in [-0.05, 0) is 31.5 Å². The van der Waals surface area contributed by atoms with Gasteiger partial charge in [0.1, 0.15) is 12.7 Å². The molecule has 0 unspecified atom stereocenters. The molecule has 2 aromatic carbocycles. The molecule has 1 aliphatic rings. The van der Waals surface area contributed by atoms with Gasteiger partial charge < -0.3 is 20.3 Å². The van der Waals surface area contributed by atoms with Gasteiger partial charge in [0.2, 0.25) is 5.91 Å². The predicted molar refractivity (Wildman–Crippen MR) is 121 cm³/mol. The van der Waals surface area contributed by atoms with E-state index >= 15 is 0 Å². The highest BCUT2D eigenvalue weighted by Gasteiger charge is 2.27. The topological polar surface area (TPSA) is 85.3 Å². The fourth-order valence-electron chi connectivity index (χ4n) is 3.98. The number of aliphatic hydroxyl groups excluding tert-OH is 2. The van der Waals surface area contributed by atoms with E-state index in [1.54, 1.807) is 18.2 Å². The number of anilines is 1. The van der Waals surface area contributed by atoms with Crippen LogP contribution in [0.2, 0.25) is 0 Å². The molecule has 7 nitrogen and oxygen atoms in total. The van der Waals surface area contributed by atoms with Crippen molar-refractivity contribution in [2.45, 2.75) is 32.6 Å². The number of rotatable bonds is 9. The molecule has 32 heavy (non-hydrogen) atoms. The maximum absolute atomic E-state index is 13.6. The number of hydrogen-bond acceptors (Lipinski definition) is 6. The van der Waals surface area contributed by atoms with Crippen LogP contribution in [0.4, 0.5) is 10.1 Å². The van der Waals surface area contributed by atoms with Crippen LogP contribution in [0.15, 0.2) is 42.5 Å². The molecule has 0 radical (unpaired) electrons. The molecule has 0 aromatic heterocycles. The third kappa shape index (κ3) is 6.49. The van der Waals surface area contributed by atoms with E-state index in [1.807, 2.05) is 19.1 Å². The van der Waals surface area contributed by atoms with Gasteiger partial charge in [-0.25, -0.2) is 4.39 Å². The SMILES string of the molecule is Cc1cccc(CO)c1NC(=O)CN1CCN(C[C@H](O)COc2ccccc2F)[C@@H](C)C1. The van der Waals surface area contributed by atoms with Gasteiger partial charge in [-0.1, -0.05) is 30.3 Å². The fraction of sp³-hybridized carbons (Fsp3) is 0.458. The summed E-state index contributed by atoms with van der Waals surface area (Å²) < 4.78 is 19.0. The first kappa shape index (κ1) is 24.1. The molecule has 174 valence electrons. The predicted octanol–water partition coefficient (Wildman–Crippen LogP) is 2.01. The highest BCUT2D eigenvalue weighted by Crippen LogP contribution is 2.21. The Morgan fingerprint density at radius 1 is 1.25 bits per heavy atom. The van der Waals surface area contributed by atoms with Crippen LogP contribution >= 0.6 is 0 Å². The first-order valence-electron chi connectivity index (χ1n) is 10.9. The monoisotopic (exact) mass is 445 g/mol. The number of carbonyl (C=O) groups is 1. The molecule has 3 N–H and O–H groups in total. The van der Waals surface area contributed by atoms with E-state index < -0.39 is 11.9 Å². The number of hydrogen-bond donors (Lipinski definition) is 3. The molecule has 0 spiro atoms. The molecule has 1 heterocycles. The van der Waals surface area contributed by atoms with Crippen molar-refractivity contribution in [3.63, 3.8) is 0 Å². The van der Waals surface area contributed by atoms with Crippen LogP contribution < -0.4 is 10.1 Å². The van der Waals surface area contributed by atoms with Crippen LogP contribution in [0.3, 0.4) is 0 Å². The van der Waals surface area contributed by atoms with E-state index in [9.17, 15) is 19.4 Å². The Balaban J connectivity index is 1.45. The minimum atomic E-state index is -0.745. The minimum absolute atomic E-state index is 0.0138. The quantitative estimate of drug-likeness (QED) is 0.548. The Morgan fingerprint density at radius 3 is 2.75 bits per heavy atom. The maximum atomic E-state index is 13.6. The number of halogens is 1. The number of aliphatic hydroxyl groups is 2. The first-order chi connectivity index (χ1) is 15.4. The molecule has 0 saturated carbocycles. The zero-order valence-electron chi connectivity index (χ0n) is 18.6. The maximum Gasteiger partial charge on any atom is 0.238 e. The molecular weight excluding hydrogens is 413 g/mol. The lowest BCUT2D eigenvalue weighted by molar-refractivity contribution is -0.118. The molecule has 1 aliphatic heterocycles. The zero-order valence-corrected chi connectivity index (χ0v) is 18.6. The second-order valence-corrected chi connectivity index (χ2v) is 8.29. The first-order valence-corrected chi connectivity index (χ1v) is 10.9. The Bertz CT molecular complexity index is 911. The van der Waals surface area contributed by atoms with Gasteiger partial charge >= 0.3 is 0 Å². The van der Waals surface area contributed by atoms with Gasteiger partial charge in [-0.15, -0.1) is 0 Å². The Morgan fingerprint density at radius 2 is 2.03 bits per heavy atom. The third-order valence-electron chi connectivity index (χ3n) is 5.72. The summed E-state index contributed by atoms with van der Waals surface area (Å²) in [4.78, 5) is 16.8. The molecular formula is C24H32FN3O4. The van der Waals surface area contributed by atoms with Crippen LogP contribution in [0.25, 0.3) is 0 Å². The smallest absolute Gasteiger partial charge is 0.238 e. The summed E-state index contributed by atoms with van der Waals surface area (Å²) >= 11 is 0. The van der Waals surface area contributed by atoms with Gasteiger partial charge in [0.25, 0.3) is 0 Å². The average molecular weight is 446 g/mol. The van der Waals surface area contributed by atoms with Crippen LogP contribution in [0.5, 0.6) is 5.75 Å². The van der Waals surface area contributed by atoms with Gasteiger partial charge in [0, 0.05) is 43.5 Å². The lowest BCUT2D eigenvalue weighted by Crippen LogP contribution is -2.55. The number of piperazine rings is 1. The Hall–Kier alpha value is -2.52. The second-order valence-electron chi connectivity index (χ2n) is 8.29. The number of benzene rings is 2. The van der Waals surface area contributed by atoms with E-state index in [1.165, 1.54) is 12.1 Å². The van der Waals surface area contributed by atoms with Crippen LogP contribution in [-0.4, -0.2) is 77.4 Å². The van der Waals surface area contributed by atoms with Crippen molar-refractivity contribution in [1.82, 2.24) is 9.80 Å². The van der Waals surface area contributed by atoms with Crippen molar-refractivity contribution >= 4 is 11.6 Å². The van der Waals surface area contributed by atoms with Crippen molar-refractivity contribution < 1.29 is 24.1 Å². The number of para-hydroxylation sites is 2. The molecule has 2 atom stereocenters. The summed E-state index contributed by atoms with van der Waals surface area (Å²) in [5, 5.41) is 22.8. The summed E-state index contributed by atoms with van der Waals surface area (Å²) in [7, 11) is 0. The molecule has 0 bridgehead atoms. The number of β-amino-alcohol motifs (C(OH)–C–C–N with tert-alkyl or cyclic N) is 1. The molecule has 1 saturated heterocycles. The number of carbonyl (C=O) groups excluding carboxylic acids is 1. The van der Waals surface area contributed by atoms with E-state index in [4.69, 9.17) is 4.74 Å². The van der Waals surface area contributed by atoms with Crippen molar-refractivity contribution in [3.05, 3.63) is 59.4 Å². The van der Waals surface area contributed by atoms with Crippen LogP contribution in [0, 0.1) is 12.7 Å². The number of nitrogens with one attached hydrogen (secondary N) is 1. The summed E-state index contributed by atoms with van der Waals surface area (Å²) in [5.41, 5.74) is 2.28. The number of amides is 1. The average Bonchev–Trinajstić information content (AvgIpc) is 2.76. The highest BCUT2D eigenvalue weighted by atomic mass is 19.1. The molecule has 2 aromatic rings. The van der Waals surface area contributed by atoms with Gasteiger partial charge in [-0.3, -0.25) is 14.6 Å². The van der Waals surface area contributed by atoms with E-state index in [-0.39, 0.29) is 37.5 Å². The Kier molecular flexibility index (Phi) is 8.58. The van der Waals surface area contributed by atoms with Crippen molar-refractivity contribution in [2.75, 3.05) is 44.6 Å². The fourth-order valence-corrected chi connectivity index (χ4v) is 3.98. The van der Waals surface area contributed by atoms with E-state index in [0.717, 1.165) is 5.56 Å². The summed E-state index contributed by atoms with van der Waals surface area (Å²) in [6.45, 7) is 6.60. The van der Waals surface area contributed by atoms with E-state index in [2.05, 4.69) is 22.0 Å².